The van der Waals surface area contributed by atoms with Crippen molar-refractivity contribution >= 4 is 17.9 Å². The molecule has 8 heteroatoms. The second-order valence-electron chi connectivity index (χ2n) is 6.88. The number of hydrogen-bond acceptors (Lipinski definition) is 6. The van der Waals surface area contributed by atoms with Crippen LogP contribution in [0.1, 0.15) is 17.7 Å². The van der Waals surface area contributed by atoms with Gasteiger partial charge in [-0.2, -0.15) is 0 Å². The van der Waals surface area contributed by atoms with Crippen molar-refractivity contribution in [1.82, 2.24) is 20.3 Å². The molecule has 8 nitrogen and oxygen atoms in total. The van der Waals surface area contributed by atoms with Gasteiger partial charge < -0.3 is 19.5 Å². The fourth-order valence-electron chi connectivity index (χ4n) is 3.29. The van der Waals surface area contributed by atoms with E-state index in [9.17, 15) is 9.59 Å². The standard InChI is InChI=1S/C21H26N4O4/c1-24(15-17-9-10-23-29-17)20(26)14-18-21(27)22-11-13-25(18)12-5-7-16-6-3-4-8-19(16)28-2/h3-10,18H,11-15H2,1-2H3,(H,22,27)/b7-5+. The number of nitrogens with zero attached hydrogens (tertiary/aromatic N) is 3. The lowest BCUT2D eigenvalue weighted by Crippen LogP contribution is -2.56. The Labute approximate surface area is 170 Å². The van der Waals surface area contributed by atoms with E-state index in [0.29, 0.717) is 31.9 Å². The van der Waals surface area contributed by atoms with Crippen molar-refractivity contribution in [2.75, 3.05) is 33.8 Å². The van der Waals surface area contributed by atoms with Crippen LogP contribution in [0.3, 0.4) is 0 Å². The summed E-state index contributed by atoms with van der Waals surface area (Å²) in [5.41, 5.74) is 0.968. The predicted molar refractivity (Wildman–Crippen MR) is 108 cm³/mol. The number of amides is 2. The van der Waals surface area contributed by atoms with Crippen LogP contribution < -0.4 is 10.1 Å². The first-order valence-electron chi connectivity index (χ1n) is 9.53. The minimum atomic E-state index is -0.504. The molecule has 1 aliphatic rings. The van der Waals surface area contributed by atoms with Gasteiger partial charge in [0.2, 0.25) is 11.8 Å². The molecule has 0 spiro atoms. The van der Waals surface area contributed by atoms with Crippen LogP contribution in [0.15, 0.2) is 47.1 Å². The normalized spacial score (nSPS) is 17.3. The van der Waals surface area contributed by atoms with Gasteiger partial charge in [0.25, 0.3) is 0 Å². The Hall–Kier alpha value is -3.13. The van der Waals surface area contributed by atoms with E-state index in [2.05, 4.69) is 10.5 Å². The summed E-state index contributed by atoms with van der Waals surface area (Å²) in [7, 11) is 3.33. The van der Waals surface area contributed by atoms with Crippen molar-refractivity contribution in [3.8, 4) is 5.75 Å². The zero-order valence-corrected chi connectivity index (χ0v) is 16.7. The molecule has 1 fully saturated rings. The highest BCUT2D eigenvalue weighted by molar-refractivity contribution is 5.88. The molecule has 29 heavy (non-hydrogen) atoms. The molecule has 0 saturated carbocycles. The summed E-state index contributed by atoms with van der Waals surface area (Å²) in [6, 6.07) is 8.95. The third-order valence-corrected chi connectivity index (χ3v) is 4.90. The van der Waals surface area contributed by atoms with Crippen LogP contribution in [-0.4, -0.2) is 66.6 Å². The van der Waals surface area contributed by atoms with E-state index in [1.165, 1.54) is 6.20 Å². The summed E-state index contributed by atoms with van der Waals surface area (Å²) in [5.74, 6) is 1.15. The average molecular weight is 398 g/mol. The highest BCUT2D eigenvalue weighted by atomic mass is 16.5. The number of para-hydroxylation sites is 1. The maximum atomic E-state index is 12.6. The number of aromatic nitrogens is 1. The Balaban J connectivity index is 1.62. The molecule has 154 valence electrons. The number of carbonyl (C=O) groups is 2. The van der Waals surface area contributed by atoms with Gasteiger partial charge in [-0.15, -0.1) is 0 Å². The molecule has 2 aromatic rings. The number of benzene rings is 1. The van der Waals surface area contributed by atoms with Gasteiger partial charge in [0.05, 0.1) is 32.3 Å². The van der Waals surface area contributed by atoms with Gasteiger partial charge in [-0.1, -0.05) is 35.5 Å². The third kappa shape index (κ3) is 5.45. The second kappa shape index (κ2) is 9.88. The van der Waals surface area contributed by atoms with Crippen LogP contribution in [0.25, 0.3) is 6.08 Å². The summed E-state index contributed by atoms with van der Waals surface area (Å²) in [6.07, 6.45) is 5.61. The third-order valence-electron chi connectivity index (χ3n) is 4.90. The second-order valence-corrected chi connectivity index (χ2v) is 6.88. The molecule has 1 aromatic heterocycles. The van der Waals surface area contributed by atoms with E-state index in [1.54, 1.807) is 25.1 Å². The van der Waals surface area contributed by atoms with Crippen molar-refractivity contribution in [2.24, 2.45) is 0 Å². The number of rotatable bonds is 8. The maximum absolute atomic E-state index is 12.6. The van der Waals surface area contributed by atoms with Crippen LogP contribution in [0.2, 0.25) is 0 Å². The van der Waals surface area contributed by atoms with Gasteiger partial charge in [0.15, 0.2) is 5.76 Å². The van der Waals surface area contributed by atoms with Crippen molar-refractivity contribution in [3.05, 3.63) is 53.9 Å². The molecule has 1 aromatic carbocycles. The number of carbonyl (C=O) groups excluding carboxylic acids is 2. The molecular formula is C21H26N4O4. The number of hydrogen-bond donors (Lipinski definition) is 1. The summed E-state index contributed by atoms with van der Waals surface area (Å²) < 4.78 is 10.4. The minimum Gasteiger partial charge on any atom is -0.496 e. The number of ether oxygens (including phenoxy) is 1. The lowest BCUT2D eigenvalue weighted by Gasteiger charge is -2.34. The summed E-state index contributed by atoms with van der Waals surface area (Å²) in [4.78, 5) is 28.6. The van der Waals surface area contributed by atoms with Gasteiger partial charge in [0.1, 0.15) is 5.75 Å². The van der Waals surface area contributed by atoms with Crippen LogP contribution in [0, 0.1) is 0 Å². The van der Waals surface area contributed by atoms with E-state index in [-0.39, 0.29) is 18.2 Å². The first-order chi connectivity index (χ1) is 14.1. The lowest BCUT2D eigenvalue weighted by molar-refractivity contribution is -0.138. The first-order valence-corrected chi connectivity index (χ1v) is 9.53. The Bertz CT molecular complexity index is 850. The Morgan fingerprint density at radius 1 is 1.41 bits per heavy atom. The molecule has 2 heterocycles. The van der Waals surface area contributed by atoms with Crippen molar-refractivity contribution in [3.63, 3.8) is 0 Å². The Morgan fingerprint density at radius 3 is 3.00 bits per heavy atom. The zero-order chi connectivity index (χ0) is 20.6. The van der Waals surface area contributed by atoms with Gasteiger partial charge in [0, 0.05) is 38.3 Å². The first kappa shape index (κ1) is 20.6. The molecule has 2 amide bonds. The Kier molecular flexibility index (Phi) is 7.02. The molecule has 1 atom stereocenters. The van der Waals surface area contributed by atoms with Crippen LogP contribution in [0.4, 0.5) is 0 Å². The highest BCUT2D eigenvalue weighted by Crippen LogP contribution is 2.19. The molecular weight excluding hydrogens is 372 g/mol. The minimum absolute atomic E-state index is 0.110. The predicted octanol–water partition coefficient (Wildman–Crippen LogP) is 1.55. The molecule has 1 aliphatic heterocycles. The summed E-state index contributed by atoms with van der Waals surface area (Å²) >= 11 is 0. The maximum Gasteiger partial charge on any atom is 0.237 e. The van der Waals surface area contributed by atoms with E-state index in [0.717, 1.165) is 11.3 Å². The summed E-state index contributed by atoms with van der Waals surface area (Å²) in [6.45, 7) is 2.14. The monoisotopic (exact) mass is 398 g/mol. The van der Waals surface area contributed by atoms with Gasteiger partial charge >= 0.3 is 0 Å². The topological polar surface area (TPSA) is 87.9 Å². The van der Waals surface area contributed by atoms with Crippen molar-refractivity contribution in [2.45, 2.75) is 19.0 Å². The fraction of sp³-hybridized carbons (Fsp3) is 0.381. The quantitative estimate of drug-likeness (QED) is 0.726. The van der Waals surface area contributed by atoms with E-state index < -0.39 is 6.04 Å². The van der Waals surface area contributed by atoms with Gasteiger partial charge in [-0.3, -0.25) is 14.5 Å². The highest BCUT2D eigenvalue weighted by Gasteiger charge is 2.31. The summed E-state index contributed by atoms with van der Waals surface area (Å²) in [5, 5.41) is 6.50. The molecule has 0 aliphatic carbocycles. The zero-order valence-electron chi connectivity index (χ0n) is 16.7. The molecule has 1 saturated heterocycles. The van der Waals surface area contributed by atoms with E-state index in [1.807, 2.05) is 41.3 Å². The lowest BCUT2D eigenvalue weighted by atomic mass is 10.1. The van der Waals surface area contributed by atoms with Crippen molar-refractivity contribution in [1.29, 1.82) is 0 Å². The van der Waals surface area contributed by atoms with Crippen molar-refractivity contribution < 1.29 is 18.8 Å². The van der Waals surface area contributed by atoms with E-state index >= 15 is 0 Å². The fourth-order valence-corrected chi connectivity index (χ4v) is 3.29. The largest absolute Gasteiger partial charge is 0.496 e. The van der Waals surface area contributed by atoms with Crippen LogP contribution >= 0.6 is 0 Å². The van der Waals surface area contributed by atoms with Gasteiger partial charge in [-0.05, 0) is 6.07 Å². The van der Waals surface area contributed by atoms with Crippen LogP contribution in [-0.2, 0) is 16.1 Å². The number of nitrogens with one attached hydrogen (secondary N) is 1. The SMILES string of the molecule is COc1ccccc1/C=C/CN1CCNC(=O)C1CC(=O)N(C)Cc1ccno1. The van der Waals surface area contributed by atoms with E-state index in [4.69, 9.17) is 9.26 Å². The smallest absolute Gasteiger partial charge is 0.237 e. The number of piperazine rings is 1. The van der Waals surface area contributed by atoms with Gasteiger partial charge in [-0.25, -0.2) is 0 Å². The Morgan fingerprint density at radius 2 is 2.24 bits per heavy atom. The molecule has 0 radical (unpaired) electrons. The van der Waals surface area contributed by atoms with Crippen LogP contribution in [0.5, 0.6) is 5.75 Å². The molecule has 1 unspecified atom stereocenters. The molecule has 1 N–H and O–H groups in total. The average Bonchev–Trinajstić information content (AvgIpc) is 3.23. The molecule has 3 rings (SSSR count). The molecule has 0 bridgehead atoms. The number of methoxy groups -OCH3 is 1.